The van der Waals surface area contributed by atoms with Crippen molar-refractivity contribution in [1.29, 1.82) is 0 Å². The molecule has 2 aromatic carbocycles. The highest BCUT2D eigenvalue weighted by atomic mass is 19.1. The number of hydrogen-bond acceptors (Lipinski definition) is 6. The molecular formula is C24H24FN3O5. The number of carbonyl (C=O) groups excluding carboxylic acids is 3. The molecule has 172 valence electrons. The number of anilines is 1. The van der Waals surface area contributed by atoms with Crippen LogP contribution in [0, 0.1) is 17.7 Å². The Morgan fingerprint density at radius 1 is 1.03 bits per heavy atom. The van der Waals surface area contributed by atoms with E-state index in [1.165, 1.54) is 30.2 Å². The molecule has 2 aromatic rings. The van der Waals surface area contributed by atoms with Gasteiger partial charge in [0.15, 0.2) is 11.5 Å². The third kappa shape index (κ3) is 2.95. The number of fused-ring (bicyclic) bond motifs is 4. The molecule has 0 aliphatic carbocycles. The lowest BCUT2D eigenvalue weighted by Gasteiger charge is -2.29. The van der Waals surface area contributed by atoms with Crippen molar-refractivity contribution >= 4 is 23.4 Å². The SMILES string of the molecule is COc1ccc(CCN2C(=O)[C@@H]3[C@H](C)N[C@@]4(C(=O)Nc5ccc(F)cc54)[C@@H]3C2=O)cc1OC. The van der Waals surface area contributed by atoms with Crippen LogP contribution >= 0.6 is 0 Å². The molecule has 3 amide bonds. The largest absolute Gasteiger partial charge is 0.493 e. The number of rotatable bonds is 5. The smallest absolute Gasteiger partial charge is 0.250 e. The number of amides is 3. The Morgan fingerprint density at radius 3 is 2.52 bits per heavy atom. The number of ether oxygens (including phenoxy) is 2. The minimum absolute atomic E-state index is 0.167. The number of likely N-dealkylation sites (tertiary alicyclic amines) is 1. The van der Waals surface area contributed by atoms with E-state index in [4.69, 9.17) is 9.47 Å². The average molecular weight is 453 g/mol. The summed E-state index contributed by atoms with van der Waals surface area (Å²) >= 11 is 0. The maximum atomic E-state index is 14.1. The normalized spacial score (nSPS) is 27.7. The van der Waals surface area contributed by atoms with Gasteiger partial charge < -0.3 is 14.8 Å². The van der Waals surface area contributed by atoms with Crippen molar-refractivity contribution in [3.63, 3.8) is 0 Å². The third-order valence-electron chi connectivity index (χ3n) is 6.99. The Morgan fingerprint density at radius 2 is 1.79 bits per heavy atom. The van der Waals surface area contributed by atoms with Gasteiger partial charge in [0.2, 0.25) is 17.7 Å². The monoisotopic (exact) mass is 453 g/mol. The molecular weight excluding hydrogens is 429 g/mol. The molecule has 8 nitrogen and oxygen atoms in total. The number of nitrogens with one attached hydrogen (secondary N) is 2. The summed E-state index contributed by atoms with van der Waals surface area (Å²) in [4.78, 5) is 41.2. The summed E-state index contributed by atoms with van der Waals surface area (Å²) < 4.78 is 24.7. The highest BCUT2D eigenvalue weighted by Gasteiger charge is 2.69. The van der Waals surface area contributed by atoms with Crippen molar-refractivity contribution in [2.75, 3.05) is 26.1 Å². The zero-order valence-electron chi connectivity index (χ0n) is 18.5. The first-order valence-electron chi connectivity index (χ1n) is 10.8. The first-order valence-corrected chi connectivity index (χ1v) is 10.8. The highest BCUT2D eigenvalue weighted by Crippen LogP contribution is 2.52. The van der Waals surface area contributed by atoms with E-state index in [-0.39, 0.29) is 12.5 Å². The van der Waals surface area contributed by atoms with E-state index >= 15 is 0 Å². The number of imide groups is 1. The second-order valence-corrected chi connectivity index (χ2v) is 8.66. The number of methoxy groups -OCH3 is 2. The minimum atomic E-state index is -1.47. The summed E-state index contributed by atoms with van der Waals surface area (Å²) in [6.07, 6.45) is 0.420. The molecule has 3 aliphatic heterocycles. The van der Waals surface area contributed by atoms with Crippen LogP contribution in [0.15, 0.2) is 36.4 Å². The zero-order valence-corrected chi connectivity index (χ0v) is 18.5. The molecule has 2 saturated heterocycles. The van der Waals surface area contributed by atoms with Crippen LogP contribution < -0.4 is 20.1 Å². The van der Waals surface area contributed by atoms with Gasteiger partial charge in [-0.3, -0.25) is 24.6 Å². The Labute approximate surface area is 190 Å². The predicted molar refractivity (Wildman–Crippen MR) is 116 cm³/mol. The molecule has 2 fully saturated rings. The van der Waals surface area contributed by atoms with Gasteiger partial charge >= 0.3 is 0 Å². The summed E-state index contributed by atoms with van der Waals surface area (Å²) in [6.45, 7) is 1.95. The first kappa shape index (κ1) is 21.4. The summed E-state index contributed by atoms with van der Waals surface area (Å²) in [5.74, 6) is -2.19. The molecule has 1 spiro atoms. The lowest BCUT2D eigenvalue weighted by atomic mass is 9.76. The second-order valence-electron chi connectivity index (χ2n) is 8.66. The van der Waals surface area contributed by atoms with Gasteiger partial charge in [-0.25, -0.2) is 4.39 Å². The van der Waals surface area contributed by atoms with Crippen molar-refractivity contribution in [2.45, 2.75) is 24.9 Å². The Balaban J connectivity index is 1.45. The van der Waals surface area contributed by atoms with Crippen LogP contribution in [0.5, 0.6) is 11.5 Å². The highest BCUT2D eigenvalue weighted by molar-refractivity contribution is 6.15. The molecule has 9 heteroatoms. The van der Waals surface area contributed by atoms with E-state index in [1.807, 2.05) is 6.07 Å². The molecule has 0 saturated carbocycles. The summed E-state index contributed by atoms with van der Waals surface area (Å²) in [7, 11) is 3.09. The molecule has 33 heavy (non-hydrogen) atoms. The standard InChI is InChI=1S/C24H24FN3O5/c1-12-19-20(24(27-12)15-11-14(25)5-6-16(15)26-23(24)31)22(30)28(21(19)29)9-8-13-4-7-17(32-2)18(10-13)33-3/h4-7,10-12,19-20,27H,8-9H2,1-3H3,(H,26,31)/t12-,19+,20-,24+/m0/s1. The molecule has 0 unspecified atom stereocenters. The lowest BCUT2D eigenvalue weighted by molar-refractivity contribution is -0.142. The number of nitrogens with zero attached hydrogens (tertiary/aromatic N) is 1. The fraction of sp³-hybridized carbons (Fsp3) is 0.375. The van der Waals surface area contributed by atoms with Crippen molar-refractivity contribution < 1.29 is 28.2 Å². The van der Waals surface area contributed by atoms with Crippen LogP contribution in [0.2, 0.25) is 0 Å². The maximum Gasteiger partial charge on any atom is 0.250 e. The van der Waals surface area contributed by atoms with Crippen LogP contribution in [0.4, 0.5) is 10.1 Å². The van der Waals surface area contributed by atoms with Gasteiger partial charge in [0.25, 0.3) is 0 Å². The summed E-state index contributed by atoms with van der Waals surface area (Å²) in [5, 5.41) is 5.92. The predicted octanol–water partition coefficient (Wildman–Crippen LogP) is 1.83. The number of halogens is 1. The van der Waals surface area contributed by atoms with Crippen LogP contribution in [0.3, 0.4) is 0 Å². The molecule has 3 aliphatic rings. The van der Waals surface area contributed by atoms with Crippen LogP contribution in [-0.2, 0) is 26.3 Å². The van der Waals surface area contributed by atoms with Crippen LogP contribution in [-0.4, -0.2) is 49.4 Å². The summed E-state index contributed by atoms with van der Waals surface area (Å²) in [6, 6.07) is 8.99. The Kier molecular flexibility index (Phi) is 4.89. The van der Waals surface area contributed by atoms with Gasteiger partial charge in [0.1, 0.15) is 11.4 Å². The number of benzene rings is 2. The van der Waals surface area contributed by atoms with Crippen molar-refractivity contribution in [3.05, 3.63) is 53.3 Å². The van der Waals surface area contributed by atoms with E-state index in [9.17, 15) is 18.8 Å². The number of carbonyl (C=O) groups is 3. The maximum absolute atomic E-state index is 14.1. The fourth-order valence-corrected chi connectivity index (χ4v) is 5.49. The molecule has 4 atom stereocenters. The van der Waals surface area contributed by atoms with Gasteiger partial charge in [-0.2, -0.15) is 0 Å². The average Bonchev–Trinajstić information content (AvgIpc) is 3.36. The molecule has 2 N–H and O–H groups in total. The summed E-state index contributed by atoms with van der Waals surface area (Å²) in [5.41, 5.74) is 0.226. The van der Waals surface area contributed by atoms with Crippen molar-refractivity contribution in [1.82, 2.24) is 10.2 Å². The fourth-order valence-electron chi connectivity index (χ4n) is 5.49. The topological polar surface area (TPSA) is 97.0 Å². The van der Waals surface area contributed by atoms with Crippen LogP contribution in [0.1, 0.15) is 18.1 Å². The molecule has 5 rings (SSSR count). The van der Waals surface area contributed by atoms with Gasteiger partial charge in [0.05, 0.1) is 26.1 Å². The van der Waals surface area contributed by atoms with E-state index in [0.717, 1.165) is 5.56 Å². The minimum Gasteiger partial charge on any atom is -0.493 e. The second kappa shape index (κ2) is 7.55. The Bertz CT molecular complexity index is 1180. The van der Waals surface area contributed by atoms with Gasteiger partial charge in [-0.1, -0.05) is 6.07 Å². The van der Waals surface area contributed by atoms with E-state index < -0.39 is 41.0 Å². The zero-order chi connectivity index (χ0) is 23.5. The van der Waals surface area contributed by atoms with Crippen molar-refractivity contribution in [3.8, 4) is 11.5 Å². The third-order valence-corrected chi connectivity index (χ3v) is 6.99. The first-order chi connectivity index (χ1) is 15.8. The van der Waals surface area contributed by atoms with Crippen LogP contribution in [0.25, 0.3) is 0 Å². The molecule has 3 heterocycles. The molecule has 0 radical (unpaired) electrons. The van der Waals surface area contributed by atoms with E-state index in [0.29, 0.717) is 29.2 Å². The molecule has 0 bridgehead atoms. The lowest BCUT2D eigenvalue weighted by Crippen LogP contribution is -2.53. The van der Waals surface area contributed by atoms with E-state index in [1.54, 1.807) is 26.2 Å². The Hall–Kier alpha value is -3.46. The van der Waals surface area contributed by atoms with Gasteiger partial charge in [-0.15, -0.1) is 0 Å². The number of hydrogen-bond donors (Lipinski definition) is 2. The molecule has 0 aromatic heterocycles. The van der Waals surface area contributed by atoms with E-state index in [2.05, 4.69) is 10.6 Å². The van der Waals surface area contributed by atoms with Crippen molar-refractivity contribution in [2.24, 2.45) is 11.8 Å². The van der Waals surface area contributed by atoms with Gasteiger partial charge in [0, 0.05) is 23.8 Å². The quantitative estimate of drug-likeness (QED) is 0.671. The van der Waals surface area contributed by atoms with Gasteiger partial charge in [-0.05, 0) is 49.2 Å².